The van der Waals surface area contributed by atoms with E-state index in [0.29, 0.717) is 22.7 Å². The summed E-state index contributed by atoms with van der Waals surface area (Å²) in [4.78, 5) is 32.1. The van der Waals surface area contributed by atoms with Crippen molar-refractivity contribution in [3.05, 3.63) is 20.8 Å². The number of aryl methyl sites for hydroxylation is 2. The Labute approximate surface area is 167 Å². The van der Waals surface area contributed by atoms with Crippen LogP contribution in [0.4, 0.5) is 0 Å². The summed E-state index contributed by atoms with van der Waals surface area (Å²) in [5, 5.41) is 4.63. The van der Waals surface area contributed by atoms with Crippen LogP contribution in [0.2, 0.25) is 0 Å². The Bertz CT molecular complexity index is 933. The summed E-state index contributed by atoms with van der Waals surface area (Å²) in [5.41, 5.74) is 1.23. The molecule has 7 heteroatoms. The number of nitrogens with zero attached hydrogens (tertiary/aromatic N) is 2. The molecule has 0 bridgehead atoms. The molecular formula is C20H27N3O2S2. The van der Waals surface area contributed by atoms with E-state index in [9.17, 15) is 9.59 Å². The smallest absolute Gasteiger partial charge is 0.262 e. The summed E-state index contributed by atoms with van der Waals surface area (Å²) in [6.45, 7) is 4.50. The van der Waals surface area contributed by atoms with Gasteiger partial charge in [0.1, 0.15) is 4.83 Å². The summed E-state index contributed by atoms with van der Waals surface area (Å²) in [6, 6.07) is 0.265. The minimum Gasteiger partial charge on any atom is -0.352 e. The second kappa shape index (κ2) is 7.59. The third kappa shape index (κ3) is 3.56. The fourth-order valence-electron chi connectivity index (χ4n) is 4.40. The van der Waals surface area contributed by atoms with Gasteiger partial charge in [-0.05, 0) is 43.1 Å². The quantitative estimate of drug-likeness (QED) is 0.624. The highest BCUT2D eigenvalue weighted by Gasteiger charge is 2.28. The van der Waals surface area contributed by atoms with E-state index in [-0.39, 0.29) is 17.5 Å². The number of rotatable bonds is 4. The first-order valence-corrected chi connectivity index (χ1v) is 11.7. The van der Waals surface area contributed by atoms with E-state index in [2.05, 4.69) is 19.2 Å². The van der Waals surface area contributed by atoms with Crippen LogP contribution in [0.5, 0.6) is 0 Å². The maximum atomic E-state index is 12.8. The molecule has 1 N–H and O–H groups in total. The zero-order valence-corrected chi connectivity index (χ0v) is 17.8. The van der Waals surface area contributed by atoms with E-state index >= 15 is 0 Å². The fourth-order valence-corrected chi connectivity index (χ4v) is 6.48. The second-order valence-electron chi connectivity index (χ2n) is 8.03. The number of fused-ring (bicyclic) bond motifs is 3. The monoisotopic (exact) mass is 405 g/mol. The molecule has 3 atom stereocenters. The molecule has 0 aliphatic heterocycles. The van der Waals surface area contributed by atoms with E-state index in [0.717, 1.165) is 35.9 Å². The predicted molar refractivity (Wildman–Crippen MR) is 112 cm³/mol. The van der Waals surface area contributed by atoms with Crippen LogP contribution in [0.15, 0.2) is 9.95 Å². The van der Waals surface area contributed by atoms with E-state index in [4.69, 9.17) is 4.98 Å². The molecule has 2 aromatic heterocycles. The minimum absolute atomic E-state index is 0.0250. The van der Waals surface area contributed by atoms with Crippen molar-refractivity contribution in [2.75, 3.05) is 5.75 Å². The third-order valence-corrected chi connectivity index (χ3v) is 8.51. The number of hydrogen-bond acceptors (Lipinski definition) is 5. The van der Waals surface area contributed by atoms with Crippen LogP contribution in [0.1, 0.15) is 50.0 Å². The predicted octanol–water partition coefficient (Wildman–Crippen LogP) is 3.52. The van der Waals surface area contributed by atoms with Crippen LogP contribution >= 0.6 is 23.1 Å². The van der Waals surface area contributed by atoms with Crippen LogP contribution in [-0.2, 0) is 24.7 Å². The number of carbonyl (C=O) groups excluding carboxylic acids is 1. The van der Waals surface area contributed by atoms with Crippen LogP contribution in [0, 0.1) is 11.8 Å². The van der Waals surface area contributed by atoms with Gasteiger partial charge in [-0.1, -0.05) is 38.5 Å². The molecule has 2 aliphatic carbocycles. The van der Waals surface area contributed by atoms with Crippen molar-refractivity contribution in [2.24, 2.45) is 18.9 Å². The van der Waals surface area contributed by atoms with Crippen LogP contribution in [0.25, 0.3) is 10.2 Å². The first-order chi connectivity index (χ1) is 13.0. The molecule has 2 heterocycles. The number of amides is 1. The van der Waals surface area contributed by atoms with Crippen molar-refractivity contribution in [2.45, 2.75) is 63.6 Å². The highest BCUT2D eigenvalue weighted by atomic mass is 32.2. The third-order valence-electron chi connectivity index (χ3n) is 6.29. The molecule has 27 heavy (non-hydrogen) atoms. The summed E-state index contributed by atoms with van der Waals surface area (Å²) in [7, 11) is 1.76. The lowest BCUT2D eigenvalue weighted by molar-refractivity contribution is -0.120. The van der Waals surface area contributed by atoms with Crippen molar-refractivity contribution >= 4 is 39.2 Å². The van der Waals surface area contributed by atoms with Gasteiger partial charge in [-0.15, -0.1) is 11.3 Å². The van der Waals surface area contributed by atoms with E-state index in [1.54, 1.807) is 23.0 Å². The molecule has 0 saturated heterocycles. The van der Waals surface area contributed by atoms with Crippen LogP contribution in [0.3, 0.4) is 0 Å². The molecule has 0 radical (unpaired) electrons. The molecule has 4 rings (SSSR count). The summed E-state index contributed by atoms with van der Waals surface area (Å²) < 4.78 is 1.61. The van der Waals surface area contributed by atoms with E-state index < -0.39 is 0 Å². The van der Waals surface area contributed by atoms with Gasteiger partial charge in [0, 0.05) is 18.0 Å². The first-order valence-electron chi connectivity index (χ1n) is 9.89. The molecular weight excluding hydrogens is 378 g/mol. The normalized spacial score (nSPS) is 24.9. The van der Waals surface area contributed by atoms with Crippen molar-refractivity contribution in [3.8, 4) is 0 Å². The first kappa shape index (κ1) is 19.0. The molecule has 0 aromatic carbocycles. The Hall–Kier alpha value is -1.34. The molecule has 5 nitrogen and oxygen atoms in total. The van der Waals surface area contributed by atoms with Gasteiger partial charge in [0.05, 0.1) is 11.1 Å². The zero-order valence-electron chi connectivity index (χ0n) is 16.2. The molecule has 0 spiro atoms. The highest BCUT2D eigenvalue weighted by molar-refractivity contribution is 7.99. The summed E-state index contributed by atoms with van der Waals surface area (Å²) in [5.74, 6) is 1.51. The fraction of sp³-hybridized carbons (Fsp3) is 0.650. The zero-order chi connectivity index (χ0) is 19.1. The van der Waals surface area contributed by atoms with E-state index in [1.165, 1.54) is 35.0 Å². The maximum absolute atomic E-state index is 12.8. The maximum Gasteiger partial charge on any atom is 0.262 e. The lowest BCUT2D eigenvalue weighted by atomic mass is 9.78. The number of aromatic nitrogens is 2. The molecule has 0 unspecified atom stereocenters. The van der Waals surface area contributed by atoms with Gasteiger partial charge in [0.15, 0.2) is 5.16 Å². The summed E-state index contributed by atoms with van der Waals surface area (Å²) >= 11 is 3.01. The standard InChI is InChI=1S/C20H27N3O2S2/c1-11-6-4-8-14(12(11)2)21-16(24)10-26-20-22-18-17(19(25)23(20)3)13-7-5-9-15(13)27-18/h11-12,14H,4-10H2,1-3H3,(H,21,24)/t11-,12-,14-/m1/s1. The van der Waals surface area contributed by atoms with Crippen molar-refractivity contribution in [1.29, 1.82) is 0 Å². The Morgan fingerprint density at radius 3 is 2.93 bits per heavy atom. The second-order valence-corrected chi connectivity index (χ2v) is 10.1. The number of nitrogens with one attached hydrogen (secondary N) is 1. The van der Waals surface area contributed by atoms with Crippen LogP contribution < -0.4 is 10.9 Å². The van der Waals surface area contributed by atoms with E-state index in [1.807, 2.05) is 0 Å². The molecule has 1 amide bonds. The average molecular weight is 406 g/mol. The summed E-state index contributed by atoms with van der Waals surface area (Å²) in [6.07, 6.45) is 6.67. The van der Waals surface area contributed by atoms with Crippen molar-refractivity contribution in [1.82, 2.24) is 14.9 Å². The number of hydrogen-bond donors (Lipinski definition) is 1. The average Bonchev–Trinajstić information content (AvgIpc) is 3.21. The lowest BCUT2D eigenvalue weighted by Gasteiger charge is -2.34. The van der Waals surface area contributed by atoms with Gasteiger partial charge >= 0.3 is 0 Å². The van der Waals surface area contributed by atoms with Crippen LogP contribution in [-0.4, -0.2) is 27.3 Å². The highest BCUT2D eigenvalue weighted by Crippen LogP contribution is 2.35. The minimum atomic E-state index is 0.0250. The Balaban J connectivity index is 1.47. The van der Waals surface area contributed by atoms with Gasteiger partial charge in [-0.3, -0.25) is 14.2 Å². The largest absolute Gasteiger partial charge is 0.352 e. The Morgan fingerprint density at radius 2 is 2.11 bits per heavy atom. The number of carbonyl (C=O) groups is 1. The lowest BCUT2D eigenvalue weighted by Crippen LogP contribution is -2.44. The molecule has 2 aliphatic rings. The van der Waals surface area contributed by atoms with Gasteiger partial charge in [-0.25, -0.2) is 4.98 Å². The SMILES string of the molecule is C[C@@H]1[C@H](C)CCC[C@H]1NC(=O)CSc1nc2sc3c(c2c(=O)n1C)CCC3. The molecule has 146 valence electrons. The van der Waals surface area contributed by atoms with Gasteiger partial charge in [-0.2, -0.15) is 0 Å². The topological polar surface area (TPSA) is 64.0 Å². The molecule has 2 aromatic rings. The van der Waals surface area contributed by atoms with Gasteiger partial charge < -0.3 is 5.32 Å². The van der Waals surface area contributed by atoms with Crippen molar-refractivity contribution in [3.63, 3.8) is 0 Å². The Kier molecular flexibility index (Phi) is 5.34. The Morgan fingerprint density at radius 1 is 1.30 bits per heavy atom. The van der Waals surface area contributed by atoms with Gasteiger partial charge in [0.2, 0.25) is 5.91 Å². The number of thiophene rings is 1. The molecule has 1 saturated carbocycles. The molecule has 1 fully saturated rings. The van der Waals surface area contributed by atoms with Gasteiger partial charge in [0.25, 0.3) is 5.56 Å². The van der Waals surface area contributed by atoms with Crippen molar-refractivity contribution < 1.29 is 4.79 Å². The number of thioether (sulfide) groups is 1.